The van der Waals surface area contributed by atoms with Gasteiger partial charge in [0.2, 0.25) is 0 Å². The van der Waals surface area contributed by atoms with Gasteiger partial charge in [-0.25, -0.2) is 0 Å². The first-order valence-corrected chi connectivity index (χ1v) is 21.9. The molecule has 0 N–H and O–H groups in total. The van der Waals surface area contributed by atoms with E-state index in [1.807, 2.05) is 13.8 Å². The Bertz CT molecular complexity index is 2960. The minimum atomic E-state index is -0.120. The van der Waals surface area contributed by atoms with E-state index in [2.05, 4.69) is 238 Å². The Morgan fingerprint density at radius 1 is 0.429 bits per heavy atom. The second-order valence-electron chi connectivity index (χ2n) is 16.0. The van der Waals surface area contributed by atoms with E-state index in [1.165, 1.54) is 97.0 Å². The van der Waals surface area contributed by atoms with E-state index in [-0.39, 0.29) is 13.7 Å². The normalized spacial score (nSPS) is 13.3. The van der Waals surface area contributed by atoms with Crippen LogP contribution in [0.1, 0.15) is 28.6 Å². The van der Waals surface area contributed by atoms with Crippen LogP contribution in [0.4, 0.5) is 56.9 Å². The Kier molecular flexibility index (Phi) is 8.51. The van der Waals surface area contributed by atoms with Gasteiger partial charge in [-0.3, -0.25) is 0 Å². The fourth-order valence-electron chi connectivity index (χ4n) is 10.8. The number of para-hydroxylation sites is 8. The third-order valence-electron chi connectivity index (χ3n) is 12.9. The van der Waals surface area contributed by atoms with Crippen molar-refractivity contribution in [3.63, 3.8) is 0 Å². The van der Waals surface area contributed by atoms with Crippen molar-refractivity contribution in [3.05, 3.63) is 218 Å². The average molecular weight is 818 g/mol. The lowest BCUT2D eigenvalue weighted by atomic mass is 9.37. The largest absolute Gasteiger partial charge is 0.376 e. The number of fused-ring (bicyclic) bond motifs is 10. The third-order valence-corrected chi connectivity index (χ3v) is 12.9. The molecule has 4 heterocycles. The lowest BCUT2D eigenvalue weighted by Crippen LogP contribution is -2.69. The number of rotatable bonds is 5. The number of hydrogen-bond donors (Lipinski definition) is 0. The predicted molar refractivity (Wildman–Crippen MR) is 276 cm³/mol. The molecule has 0 spiro atoms. The molecule has 0 fully saturated rings. The van der Waals surface area contributed by atoms with Crippen LogP contribution in [0.15, 0.2) is 218 Å². The molecule has 0 radical (unpaired) electrons. The molecule has 9 aromatic carbocycles. The monoisotopic (exact) mass is 817 g/mol. The Morgan fingerprint density at radius 2 is 0.762 bits per heavy atom. The molecule has 304 valence electrons. The Morgan fingerprint density at radius 3 is 1.17 bits per heavy atom. The second-order valence-corrected chi connectivity index (χ2v) is 16.0. The first kappa shape index (κ1) is 35.0. The number of benzene rings is 9. The van der Waals surface area contributed by atoms with Gasteiger partial charge in [0.25, 0.3) is 0 Å². The summed E-state index contributed by atoms with van der Waals surface area (Å²) in [6.45, 7) is 3.76. The Balaban J connectivity index is 0.000000689. The molecule has 0 bridgehead atoms. The van der Waals surface area contributed by atoms with Crippen LogP contribution in [0.2, 0.25) is 0 Å². The van der Waals surface area contributed by atoms with Gasteiger partial charge in [0.05, 0.1) is 5.69 Å². The van der Waals surface area contributed by atoms with Crippen molar-refractivity contribution in [2.45, 2.75) is 21.3 Å². The van der Waals surface area contributed by atoms with Crippen LogP contribution in [0.25, 0.3) is 22.3 Å². The van der Waals surface area contributed by atoms with Crippen molar-refractivity contribution in [3.8, 4) is 22.3 Å². The molecule has 6 heteroatoms. The quantitative estimate of drug-likeness (QED) is 0.160. The fourth-order valence-corrected chi connectivity index (χ4v) is 10.8. The summed E-state index contributed by atoms with van der Waals surface area (Å²) in [5.41, 5.74) is 22.1. The van der Waals surface area contributed by atoms with Crippen LogP contribution < -0.4 is 41.3 Å². The van der Waals surface area contributed by atoms with Gasteiger partial charge in [0.15, 0.2) is 0 Å². The summed E-state index contributed by atoms with van der Waals surface area (Å²) in [5, 5.41) is 0. The maximum Gasteiger partial charge on any atom is 0.333 e. The highest BCUT2D eigenvalue weighted by Gasteiger charge is 2.54. The van der Waals surface area contributed by atoms with Gasteiger partial charge in [0, 0.05) is 80.8 Å². The summed E-state index contributed by atoms with van der Waals surface area (Å²) in [6.07, 6.45) is 0. The van der Waals surface area contributed by atoms with E-state index < -0.39 is 0 Å². The van der Waals surface area contributed by atoms with Gasteiger partial charge in [-0.05, 0) is 94.6 Å². The minimum absolute atomic E-state index is 0.120. The van der Waals surface area contributed by atoms with Crippen LogP contribution in [-0.4, -0.2) is 13.7 Å². The number of hydrogen-bond acceptors (Lipinski definition) is 4. The highest BCUT2D eigenvalue weighted by molar-refractivity contribution is 6.99. The van der Waals surface area contributed by atoms with Crippen LogP contribution in [0.5, 0.6) is 0 Å². The third kappa shape index (κ3) is 5.50. The SMILES string of the molecule is CC.[2H]C.[2H][2H].[2H][2H].c1ccc(N2B3c4ccccc4N4c5ccccc5B5c6c(c(N(c7ccccc7)c7ccccc7)c(c3c64)-c3ccccc32)-c2ccccc2N5c2ccccc2)cc1. The van der Waals surface area contributed by atoms with Gasteiger partial charge in [0.1, 0.15) is 0 Å². The van der Waals surface area contributed by atoms with Crippen molar-refractivity contribution in [2.24, 2.45) is 0 Å². The molecule has 0 amide bonds. The highest BCUT2D eigenvalue weighted by Crippen LogP contribution is 2.57. The summed E-state index contributed by atoms with van der Waals surface area (Å²) in [6, 6.07) is 80.4. The minimum Gasteiger partial charge on any atom is -0.376 e. The maximum atomic E-state index is 5.75. The summed E-state index contributed by atoms with van der Waals surface area (Å²) < 4.78 is 25.8. The zero-order chi connectivity index (χ0) is 47.3. The lowest BCUT2D eigenvalue weighted by molar-refractivity contribution is 1.24. The summed E-state index contributed by atoms with van der Waals surface area (Å²) in [4.78, 5) is 10.4. The number of anilines is 10. The Hall–Kier alpha value is -7.69. The maximum absolute atomic E-state index is 5.75. The van der Waals surface area contributed by atoms with Gasteiger partial charge < -0.3 is 19.4 Å². The molecule has 0 unspecified atom stereocenters. The standard InChI is InChI=1S/C54H36B2N4.C2H6.CH4.2H2/c1-5-21-37(22-6-1)57(38-23-7-2-8-24-38)53-49-41-29-13-17-33-45(41)59(39-25-9-3-10-26-39)55-43-31-15-19-35-47(43)58-48-36-20-16-32-44(48)56-52(54(58)51(49)55)50(53)42-30-14-18-34-46(42)60(56)40-27-11-4-12-28-40;1-2;;;/h1-36H;1-2H3;1H4;2*1H/i;;1D;2*1+1D. The van der Waals surface area contributed by atoms with E-state index in [4.69, 9.17) is 7.31 Å². The summed E-state index contributed by atoms with van der Waals surface area (Å²) in [5.74, 6) is 0. The summed E-state index contributed by atoms with van der Waals surface area (Å²) >= 11 is 0. The van der Waals surface area contributed by atoms with Gasteiger partial charge in [-0.1, -0.05) is 167 Å². The fraction of sp³-hybridized carbons (Fsp3) is 0.0526. The molecule has 0 saturated carbocycles. The van der Waals surface area contributed by atoms with Crippen LogP contribution in [0, 0.1) is 0 Å². The van der Waals surface area contributed by atoms with E-state index in [9.17, 15) is 0 Å². The van der Waals surface area contributed by atoms with Gasteiger partial charge >= 0.3 is 13.7 Å². The molecule has 0 aromatic heterocycles. The number of nitrogens with zero attached hydrogens (tertiary/aromatic N) is 4. The highest BCUT2D eigenvalue weighted by atomic mass is 15.2. The average Bonchev–Trinajstić information content (AvgIpc) is 3.44. The van der Waals surface area contributed by atoms with Gasteiger partial charge in [-0.15, -0.1) is 0 Å². The molecule has 0 saturated heterocycles. The molecule has 0 atom stereocenters. The van der Waals surface area contributed by atoms with Crippen molar-refractivity contribution in [2.75, 3.05) is 19.4 Å². The van der Waals surface area contributed by atoms with E-state index in [0.717, 1.165) is 11.4 Å². The molecule has 4 aliphatic heterocycles. The first-order valence-electron chi connectivity index (χ1n) is 24.9. The van der Waals surface area contributed by atoms with Gasteiger partial charge in [-0.2, -0.15) is 0 Å². The molecule has 4 nitrogen and oxygen atoms in total. The molecule has 63 heavy (non-hydrogen) atoms. The second kappa shape index (κ2) is 15.3. The van der Waals surface area contributed by atoms with Crippen molar-refractivity contribution in [1.82, 2.24) is 0 Å². The van der Waals surface area contributed by atoms with E-state index in [0.29, 0.717) is 0 Å². The molecule has 9 aromatic rings. The zero-order valence-corrected chi connectivity index (χ0v) is 35.7. The molecule has 4 aliphatic rings. The molecular formula is C57H50B2N4. The predicted octanol–water partition coefficient (Wildman–Crippen LogP) is 13.3. The van der Waals surface area contributed by atoms with Crippen LogP contribution in [-0.2, 0) is 0 Å². The van der Waals surface area contributed by atoms with Crippen LogP contribution >= 0.6 is 0 Å². The molecule has 13 rings (SSSR count). The first-order chi connectivity index (χ1) is 33.9. The molecular weight excluding hydrogens is 762 g/mol. The van der Waals surface area contributed by atoms with Crippen LogP contribution in [0.3, 0.4) is 0 Å². The van der Waals surface area contributed by atoms with Crippen molar-refractivity contribution < 1.29 is 7.31 Å². The van der Waals surface area contributed by atoms with E-state index in [1.54, 1.807) is 0 Å². The lowest BCUT2D eigenvalue weighted by Gasteiger charge is -2.53. The molecule has 0 aliphatic carbocycles. The zero-order valence-electron chi connectivity index (χ0n) is 40.7. The van der Waals surface area contributed by atoms with E-state index >= 15 is 0 Å². The Labute approximate surface area is 379 Å². The summed E-state index contributed by atoms with van der Waals surface area (Å²) in [7, 11) is 1.25. The van der Waals surface area contributed by atoms with Crippen molar-refractivity contribution in [1.29, 1.82) is 0 Å². The smallest absolute Gasteiger partial charge is 0.333 e. The topological polar surface area (TPSA) is 13.0 Å². The van der Waals surface area contributed by atoms with Crippen molar-refractivity contribution >= 4 is 92.4 Å².